The van der Waals surface area contributed by atoms with Crippen molar-refractivity contribution in [3.63, 3.8) is 0 Å². The van der Waals surface area contributed by atoms with Crippen molar-refractivity contribution in [3.05, 3.63) is 39.9 Å². The minimum atomic E-state index is -5.26. The second-order valence-electron chi connectivity index (χ2n) is 5.33. The van der Waals surface area contributed by atoms with Crippen LogP contribution in [0.4, 0.5) is 0 Å². The van der Waals surface area contributed by atoms with Gasteiger partial charge >= 0.3 is 29.6 Å². The normalized spacial score (nSPS) is 11.0. The van der Waals surface area contributed by atoms with Gasteiger partial charge in [-0.3, -0.25) is 0 Å². The predicted octanol–water partition coefficient (Wildman–Crippen LogP) is -0.135. The van der Waals surface area contributed by atoms with Gasteiger partial charge in [-0.1, -0.05) is 12.2 Å². The van der Waals surface area contributed by atoms with Gasteiger partial charge < -0.3 is 37.8 Å². The maximum absolute atomic E-state index is 11.0. The van der Waals surface area contributed by atoms with Crippen LogP contribution in [0.5, 0.6) is 28.7 Å². The fraction of sp³-hybridized carbons (Fsp3) is 0.222. The van der Waals surface area contributed by atoms with Crippen LogP contribution in [0.1, 0.15) is 11.1 Å². The number of ether oxygens (including phenoxy) is 4. The Hall–Kier alpha value is -1.19. The Balaban J connectivity index is 0.00000420. The number of halogens is 1. The van der Waals surface area contributed by atoms with E-state index in [1.807, 2.05) is 0 Å². The van der Waals surface area contributed by atoms with Gasteiger partial charge in [-0.05, 0) is 51.3 Å². The molecule has 0 aromatic heterocycles. The fourth-order valence-corrected chi connectivity index (χ4v) is 3.49. The predicted molar refractivity (Wildman–Crippen MR) is 104 cm³/mol. The van der Waals surface area contributed by atoms with Crippen molar-refractivity contribution in [1.82, 2.24) is 0 Å². The van der Waals surface area contributed by atoms with Crippen molar-refractivity contribution in [2.45, 2.75) is 0 Å². The van der Waals surface area contributed by atoms with E-state index in [1.165, 1.54) is 34.5 Å². The van der Waals surface area contributed by atoms with E-state index < -0.39 is 7.82 Å². The topological polar surface area (TPSA) is 109 Å². The van der Waals surface area contributed by atoms with Crippen molar-refractivity contribution in [2.75, 3.05) is 28.4 Å². The number of phosphoric ester groups is 1. The number of benzene rings is 2. The molecule has 0 N–H and O–H groups in total. The summed E-state index contributed by atoms with van der Waals surface area (Å²) in [6.45, 7) is 0. The van der Waals surface area contributed by atoms with Gasteiger partial charge in [-0.15, -0.1) is 0 Å². The average molecular weight is 496 g/mol. The molecular weight excluding hydrogens is 478 g/mol. The Bertz CT molecular complexity index is 903. The summed E-state index contributed by atoms with van der Waals surface area (Å²) in [6, 6.07) is 6.65. The van der Waals surface area contributed by atoms with Crippen molar-refractivity contribution in [1.29, 1.82) is 0 Å². The summed E-state index contributed by atoms with van der Waals surface area (Å²) in [5, 5.41) is 0. The summed E-state index contributed by atoms with van der Waals surface area (Å²) in [5.41, 5.74) is 1.29. The molecule has 11 heteroatoms. The Morgan fingerprint density at radius 1 is 0.862 bits per heavy atom. The first-order valence-electron chi connectivity index (χ1n) is 7.80. The van der Waals surface area contributed by atoms with E-state index in [2.05, 4.69) is 20.5 Å². The third-order valence-electron chi connectivity index (χ3n) is 3.66. The SMILES string of the molecule is COc1cc(/C=C\c2ccc(OC)c(OP(=O)([O-])[O-])c2Br)cc(OC)c1OC.[Na+]. The molecule has 0 atom stereocenters. The molecule has 0 amide bonds. The minimum absolute atomic E-state index is 0. The summed E-state index contributed by atoms with van der Waals surface area (Å²) in [5.74, 6) is 1.31. The summed E-state index contributed by atoms with van der Waals surface area (Å²) in [4.78, 5) is 22.1. The fourth-order valence-electron chi connectivity index (χ4n) is 2.42. The third-order valence-corrected chi connectivity index (χ3v) is 4.88. The summed E-state index contributed by atoms with van der Waals surface area (Å²) < 4.78 is 36.8. The van der Waals surface area contributed by atoms with Gasteiger partial charge in [0.15, 0.2) is 23.0 Å². The Labute approximate surface area is 199 Å². The molecular formula is C18H18BrNaO8P-. The number of methoxy groups -OCH3 is 4. The van der Waals surface area contributed by atoms with Crippen LogP contribution in [0.3, 0.4) is 0 Å². The Morgan fingerprint density at radius 2 is 1.41 bits per heavy atom. The van der Waals surface area contributed by atoms with Crippen molar-refractivity contribution in [3.8, 4) is 28.7 Å². The molecule has 8 nitrogen and oxygen atoms in total. The zero-order valence-electron chi connectivity index (χ0n) is 16.6. The molecule has 2 aromatic rings. The standard InChI is InChI=1S/C18H20BrO8P.Na/c1-23-13-8-7-12(16(19)18(13)27-28(20,21)22)6-5-11-9-14(24-2)17(26-4)15(10-11)25-3;/h5-10H,1-4H3,(H2,20,21,22);/q;+1/p-2/b6-5-;. The molecule has 0 fully saturated rings. The van der Waals surface area contributed by atoms with Crippen LogP contribution in [0.15, 0.2) is 28.7 Å². The molecule has 0 aliphatic heterocycles. The second-order valence-corrected chi connectivity index (χ2v) is 7.20. The number of hydrogen-bond acceptors (Lipinski definition) is 8. The van der Waals surface area contributed by atoms with E-state index in [-0.39, 0.29) is 45.5 Å². The summed E-state index contributed by atoms with van der Waals surface area (Å²) in [7, 11) is 0.606. The number of rotatable bonds is 8. The molecule has 0 aliphatic rings. The molecule has 0 heterocycles. The summed E-state index contributed by atoms with van der Waals surface area (Å²) >= 11 is 3.25. The summed E-state index contributed by atoms with van der Waals surface area (Å²) in [6.07, 6.45) is 3.44. The zero-order valence-corrected chi connectivity index (χ0v) is 21.0. The van der Waals surface area contributed by atoms with E-state index in [1.54, 1.807) is 30.4 Å². The van der Waals surface area contributed by atoms with Crippen molar-refractivity contribution in [2.24, 2.45) is 0 Å². The van der Waals surface area contributed by atoms with Crippen LogP contribution in [-0.2, 0) is 4.57 Å². The zero-order chi connectivity index (χ0) is 20.9. The van der Waals surface area contributed by atoms with Gasteiger partial charge in [-0.2, -0.15) is 0 Å². The first-order chi connectivity index (χ1) is 13.2. The van der Waals surface area contributed by atoms with E-state index >= 15 is 0 Å². The van der Waals surface area contributed by atoms with Crippen molar-refractivity contribution >= 4 is 35.9 Å². The molecule has 0 bridgehead atoms. The van der Waals surface area contributed by atoms with E-state index in [9.17, 15) is 14.4 Å². The first-order valence-corrected chi connectivity index (χ1v) is 10.1. The number of phosphoric acid groups is 1. The molecule has 0 aliphatic carbocycles. The Morgan fingerprint density at radius 3 is 1.86 bits per heavy atom. The maximum Gasteiger partial charge on any atom is 1.00 e. The molecule has 0 spiro atoms. The molecule has 0 saturated carbocycles. The second kappa shape index (κ2) is 11.3. The monoisotopic (exact) mass is 495 g/mol. The molecule has 0 unspecified atom stereocenters. The Kier molecular flexibility index (Phi) is 10.0. The van der Waals surface area contributed by atoms with Crippen LogP contribution in [-0.4, -0.2) is 28.4 Å². The first kappa shape index (κ1) is 25.8. The molecule has 2 aromatic carbocycles. The van der Waals surface area contributed by atoms with Crippen LogP contribution in [0.2, 0.25) is 0 Å². The number of hydrogen-bond donors (Lipinski definition) is 0. The van der Waals surface area contributed by atoms with Gasteiger partial charge in [0.1, 0.15) is 7.82 Å². The van der Waals surface area contributed by atoms with Gasteiger partial charge in [-0.25, -0.2) is 0 Å². The van der Waals surface area contributed by atoms with E-state index in [4.69, 9.17) is 18.9 Å². The maximum atomic E-state index is 11.0. The van der Waals surface area contributed by atoms with E-state index in [0.29, 0.717) is 22.8 Å². The van der Waals surface area contributed by atoms with Gasteiger partial charge in [0.2, 0.25) is 5.75 Å². The molecule has 2 rings (SSSR count). The van der Waals surface area contributed by atoms with Gasteiger partial charge in [0, 0.05) is 0 Å². The van der Waals surface area contributed by atoms with E-state index in [0.717, 1.165) is 5.56 Å². The largest absolute Gasteiger partial charge is 1.00 e. The minimum Gasteiger partial charge on any atom is -0.780 e. The van der Waals surface area contributed by atoms with Crippen molar-refractivity contribution < 1.29 is 67.4 Å². The molecule has 29 heavy (non-hydrogen) atoms. The van der Waals surface area contributed by atoms with Gasteiger partial charge in [0.25, 0.3) is 0 Å². The third kappa shape index (κ3) is 6.65. The van der Waals surface area contributed by atoms with Crippen LogP contribution >= 0.6 is 23.8 Å². The van der Waals surface area contributed by atoms with Crippen LogP contribution in [0, 0.1) is 0 Å². The molecule has 0 radical (unpaired) electrons. The van der Waals surface area contributed by atoms with Crippen LogP contribution < -0.4 is 62.8 Å². The molecule has 0 saturated heterocycles. The molecule has 152 valence electrons. The smallest absolute Gasteiger partial charge is 0.780 e. The van der Waals surface area contributed by atoms with Crippen LogP contribution in [0.25, 0.3) is 12.2 Å². The van der Waals surface area contributed by atoms with Gasteiger partial charge in [0.05, 0.1) is 32.9 Å². The quantitative estimate of drug-likeness (QED) is 0.283. The average Bonchev–Trinajstić information content (AvgIpc) is 2.66.